The summed E-state index contributed by atoms with van der Waals surface area (Å²) in [6, 6.07) is -1.81. The fourth-order valence-corrected chi connectivity index (χ4v) is 2.87. The number of likely N-dealkylation sites (N-methyl/N-ethyl adjacent to an activating group) is 1. The third-order valence-corrected chi connectivity index (χ3v) is 5.01. The maximum atomic E-state index is 11.5. The van der Waals surface area contributed by atoms with Crippen LogP contribution in [-0.2, 0) is 14.2 Å². The van der Waals surface area contributed by atoms with Crippen molar-refractivity contribution in [2.75, 3.05) is 13.6 Å². The van der Waals surface area contributed by atoms with Crippen molar-refractivity contribution in [3.8, 4) is 0 Å². The van der Waals surface area contributed by atoms with Gasteiger partial charge in [0.1, 0.15) is 6.04 Å². The number of carboxylic acid groups (broad SMARTS) is 2. The summed E-state index contributed by atoms with van der Waals surface area (Å²) in [5.74, 6) is -3.40. The molecule has 2 atom stereocenters. The summed E-state index contributed by atoms with van der Waals surface area (Å²) in [6.07, 6.45) is 2.32. The Morgan fingerprint density at radius 3 is 2.05 bits per heavy atom. The van der Waals surface area contributed by atoms with Crippen molar-refractivity contribution in [1.82, 2.24) is 4.90 Å². The number of carbonyl (C=O) groups is 2. The Morgan fingerprint density at radius 2 is 1.75 bits per heavy atom. The van der Waals surface area contributed by atoms with Gasteiger partial charge in [0.15, 0.2) is 5.16 Å². The molecule has 4 N–H and O–H groups in total. The number of aliphatic carboxylic acids is 2. The molecule has 9 heteroatoms. The minimum absolute atomic E-state index is 0.244. The highest BCUT2D eigenvalue weighted by Gasteiger charge is 2.59. The summed E-state index contributed by atoms with van der Waals surface area (Å²) in [5, 5.41) is 15.6. The standard InChI is InChI=1S/C11H22NO7P/c1-4-5-6-7-12(3)8(9(13)14)11(2,10(15)16)20(17,18)19/h8H,4-7H2,1-3H3,(H,13,14)(H,15,16)(H2,17,18,19). The van der Waals surface area contributed by atoms with Crippen LogP contribution < -0.4 is 0 Å². The van der Waals surface area contributed by atoms with E-state index in [1.807, 2.05) is 6.92 Å². The van der Waals surface area contributed by atoms with Crippen molar-refractivity contribution >= 4 is 19.5 Å². The summed E-state index contributed by atoms with van der Waals surface area (Å²) in [6.45, 7) is 2.96. The van der Waals surface area contributed by atoms with Crippen LogP contribution in [0.2, 0.25) is 0 Å². The summed E-state index contributed by atoms with van der Waals surface area (Å²) in [5.41, 5.74) is 0. The second kappa shape index (κ2) is 7.17. The van der Waals surface area contributed by atoms with Gasteiger partial charge in [0, 0.05) is 0 Å². The second-order valence-electron chi connectivity index (χ2n) is 4.93. The first-order valence-corrected chi connectivity index (χ1v) is 7.83. The summed E-state index contributed by atoms with van der Waals surface area (Å²) in [7, 11) is -3.82. The molecule has 0 aromatic heterocycles. The van der Waals surface area contributed by atoms with Crippen LogP contribution in [0.25, 0.3) is 0 Å². The van der Waals surface area contributed by atoms with Crippen LogP contribution in [0.3, 0.4) is 0 Å². The van der Waals surface area contributed by atoms with Crippen molar-refractivity contribution in [3.05, 3.63) is 0 Å². The molecule has 118 valence electrons. The number of rotatable bonds is 9. The van der Waals surface area contributed by atoms with Crippen LogP contribution in [0.4, 0.5) is 0 Å². The maximum absolute atomic E-state index is 11.5. The van der Waals surface area contributed by atoms with Gasteiger partial charge in [-0.15, -0.1) is 0 Å². The molecule has 0 amide bonds. The van der Waals surface area contributed by atoms with E-state index in [4.69, 9.17) is 5.11 Å². The van der Waals surface area contributed by atoms with Crippen molar-refractivity contribution in [2.24, 2.45) is 0 Å². The van der Waals surface area contributed by atoms with E-state index in [-0.39, 0.29) is 6.54 Å². The highest BCUT2D eigenvalue weighted by molar-refractivity contribution is 7.55. The van der Waals surface area contributed by atoms with Crippen molar-refractivity contribution in [3.63, 3.8) is 0 Å². The monoisotopic (exact) mass is 311 g/mol. The fourth-order valence-electron chi connectivity index (χ4n) is 2.00. The van der Waals surface area contributed by atoms with Gasteiger partial charge >= 0.3 is 19.5 Å². The molecular weight excluding hydrogens is 289 g/mol. The first kappa shape index (κ1) is 19.1. The molecule has 0 aromatic carbocycles. The Labute approximate surface area is 117 Å². The van der Waals surface area contributed by atoms with Gasteiger partial charge in [-0.1, -0.05) is 19.8 Å². The highest BCUT2D eigenvalue weighted by atomic mass is 31.2. The molecule has 0 saturated heterocycles. The van der Waals surface area contributed by atoms with Crippen LogP contribution in [0.1, 0.15) is 33.1 Å². The van der Waals surface area contributed by atoms with Crippen LogP contribution in [0, 0.1) is 0 Å². The lowest BCUT2D eigenvalue weighted by atomic mass is 9.99. The van der Waals surface area contributed by atoms with Crippen LogP contribution in [-0.4, -0.2) is 61.6 Å². The lowest BCUT2D eigenvalue weighted by Gasteiger charge is -2.36. The Kier molecular flexibility index (Phi) is 6.83. The highest BCUT2D eigenvalue weighted by Crippen LogP contribution is 2.53. The Hall–Kier alpha value is -0.950. The summed E-state index contributed by atoms with van der Waals surface area (Å²) in [4.78, 5) is 42.3. The van der Waals surface area contributed by atoms with E-state index in [0.717, 1.165) is 19.8 Å². The minimum Gasteiger partial charge on any atom is -0.480 e. The van der Waals surface area contributed by atoms with E-state index in [9.17, 15) is 29.0 Å². The van der Waals surface area contributed by atoms with Gasteiger partial charge in [0.25, 0.3) is 0 Å². The molecule has 8 nitrogen and oxygen atoms in total. The molecule has 2 unspecified atom stereocenters. The predicted octanol–water partition coefficient (Wildman–Crippen LogP) is 0.583. The largest absolute Gasteiger partial charge is 0.480 e. The number of carboxylic acids is 2. The number of unbranched alkanes of at least 4 members (excludes halogenated alkanes) is 2. The Balaban J connectivity index is 5.48. The zero-order valence-corrected chi connectivity index (χ0v) is 12.7. The van der Waals surface area contributed by atoms with Gasteiger partial charge in [-0.25, -0.2) is 0 Å². The van der Waals surface area contributed by atoms with Gasteiger partial charge in [-0.05, 0) is 26.9 Å². The average molecular weight is 311 g/mol. The molecule has 0 aliphatic heterocycles. The first-order valence-electron chi connectivity index (χ1n) is 6.22. The van der Waals surface area contributed by atoms with Gasteiger partial charge in [0.2, 0.25) is 0 Å². The van der Waals surface area contributed by atoms with Crippen LogP contribution in [0.5, 0.6) is 0 Å². The van der Waals surface area contributed by atoms with E-state index in [1.165, 1.54) is 11.9 Å². The number of hydrogen-bond donors (Lipinski definition) is 4. The van der Waals surface area contributed by atoms with Gasteiger partial charge in [-0.2, -0.15) is 0 Å². The molecule has 0 aliphatic rings. The number of hydrogen-bond acceptors (Lipinski definition) is 4. The van der Waals surface area contributed by atoms with Crippen LogP contribution in [0.15, 0.2) is 0 Å². The summed E-state index contributed by atoms with van der Waals surface area (Å²) < 4.78 is 11.5. The Morgan fingerprint density at radius 1 is 1.25 bits per heavy atom. The third-order valence-electron chi connectivity index (χ3n) is 3.36. The lowest BCUT2D eigenvalue weighted by molar-refractivity contribution is -0.153. The van der Waals surface area contributed by atoms with E-state index in [2.05, 4.69) is 0 Å². The van der Waals surface area contributed by atoms with E-state index < -0.39 is 30.7 Å². The topological polar surface area (TPSA) is 135 Å². The first-order chi connectivity index (χ1) is 9.00. The maximum Gasteiger partial charge on any atom is 0.344 e. The molecule has 0 rings (SSSR count). The molecule has 0 saturated carbocycles. The lowest BCUT2D eigenvalue weighted by Crippen LogP contribution is -2.58. The number of nitrogens with zero attached hydrogens (tertiary/aromatic N) is 1. The molecule has 0 spiro atoms. The quantitative estimate of drug-likeness (QED) is 0.359. The predicted molar refractivity (Wildman–Crippen MR) is 71.7 cm³/mol. The molecule has 0 heterocycles. The van der Waals surface area contributed by atoms with Crippen molar-refractivity contribution in [2.45, 2.75) is 44.3 Å². The SMILES string of the molecule is CCCCCN(C)C(C(=O)O)C(C)(C(=O)O)P(=O)(O)O. The molecule has 0 radical (unpaired) electrons. The zero-order valence-electron chi connectivity index (χ0n) is 11.8. The third kappa shape index (κ3) is 4.02. The molecule has 0 aromatic rings. The minimum atomic E-state index is -5.17. The molecule has 20 heavy (non-hydrogen) atoms. The van der Waals surface area contributed by atoms with Gasteiger partial charge < -0.3 is 20.0 Å². The van der Waals surface area contributed by atoms with Crippen molar-refractivity contribution in [1.29, 1.82) is 0 Å². The molecule has 0 bridgehead atoms. The molecule has 0 fully saturated rings. The van der Waals surface area contributed by atoms with E-state index in [1.54, 1.807) is 0 Å². The smallest absolute Gasteiger partial charge is 0.344 e. The summed E-state index contributed by atoms with van der Waals surface area (Å²) >= 11 is 0. The van der Waals surface area contributed by atoms with Gasteiger partial charge in [-0.3, -0.25) is 19.1 Å². The Bertz CT molecular complexity index is 408. The zero-order chi connectivity index (χ0) is 16.1. The molecule has 0 aliphatic carbocycles. The van der Waals surface area contributed by atoms with E-state index in [0.29, 0.717) is 6.42 Å². The van der Waals surface area contributed by atoms with E-state index >= 15 is 0 Å². The van der Waals surface area contributed by atoms with Crippen molar-refractivity contribution < 1.29 is 34.2 Å². The normalized spacial score (nSPS) is 16.7. The fraction of sp³-hybridized carbons (Fsp3) is 0.818. The average Bonchev–Trinajstić information content (AvgIpc) is 2.26. The second-order valence-corrected chi connectivity index (χ2v) is 6.94. The van der Waals surface area contributed by atoms with Gasteiger partial charge in [0.05, 0.1) is 0 Å². The molecular formula is C11H22NO7P. The van der Waals surface area contributed by atoms with Crippen LogP contribution >= 0.6 is 7.60 Å².